The van der Waals surface area contributed by atoms with Crippen LogP contribution in [0.3, 0.4) is 0 Å². The highest BCUT2D eigenvalue weighted by Crippen LogP contribution is 2.34. The number of anilines is 1. The summed E-state index contributed by atoms with van der Waals surface area (Å²) in [4.78, 5) is 4.05. The zero-order chi connectivity index (χ0) is 14.1. The van der Waals surface area contributed by atoms with E-state index in [2.05, 4.69) is 31.1 Å². The van der Waals surface area contributed by atoms with E-state index in [0.29, 0.717) is 17.2 Å². The second-order valence-electron chi connectivity index (χ2n) is 4.23. The normalized spacial score (nSPS) is 10.7. The number of nitrogens with zero attached hydrogens (tertiary/aromatic N) is 2. The summed E-state index contributed by atoms with van der Waals surface area (Å²) in [6.07, 6.45) is 1.16. The summed E-state index contributed by atoms with van der Waals surface area (Å²) < 4.78 is 13.9. The largest absolute Gasteiger partial charge is 0.382 e. The minimum Gasteiger partial charge on any atom is -0.382 e. The maximum absolute atomic E-state index is 13.0. The number of nitrogens with two attached hydrogens (primary N) is 1. The van der Waals surface area contributed by atoms with Gasteiger partial charge in [0.15, 0.2) is 5.82 Å². The van der Waals surface area contributed by atoms with E-state index in [4.69, 9.17) is 5.73 Å². The lowest BCUT2D eigenvalue weighted by atomic mass is 10.0. The van der Waals surface area contributed by atoms with Crippen molar-refractivity contribution in [1.82, 2.24) is 15.2 Å². The molecule has 2 heterocycles. The van der Waals surface area contributed by atoms with Crippen molar-refractivity contribution >= 4 is 21.7 Å². The van der Waals surface area contributed by atoms with Crippen molar-refractivity contribution in [3.63, 3.8) is 0 Å². The third-order valence-corrected chi connectivity index (χ3v) is 3.44. The van der Waals surface area contributed by atoms with Crippen LogP contribution in [0.1, 0.15) is 0 Å². The fourth-order valence-electron chi connectivity index (χ4n) is 1.97. The molecule has 0 unspecified atom stereocenters. The highest BCUT2D eigenvalue weighted by molar-refractivity contribution is 9.10. The van der Waals surface area contributed by atoms with Gasteiger partial charge in [-0.25, -0.2) is 4.39 Å². The molecule has 3 rings (SSSR count). The van der Waals surface area contributed by atoms with Gasteiger partial charge < -0.3 is 5.73 Å². The average molecular weight is 333 g/mol. The third-order valence-electron chi connectivity index (χ3n) is 2.91. The molecule has 2 aromatic heterocycles. The number of H-pyrrole nitrogens is 1. The highest BCUT2D eigenvalue weighted by atomic mass is 79.9. The molecule has 0 fully saturated rings. The van der Waals surface area contributed by atoms with E-state index in [9.17, 15) is 4.39 Å². The molecule has 100 valence electrons. The van der Waals surface area contributed by atoms with Gasteiger partial charge >= 0.3 is 0 Å². The SMILES string of the molecule is Nc1n[nH]c(-c2ccc(F)cn2)c1-c1ccc(Br)cc1. The van der Waals surface area contributed by atoms with Gasteiger partial charge in [0.25, 0.3) is 0 Å². The second kappa shape index (κ2) is 5.05. The minimum absolute atomic E-state index is 0.383. The van der Waals surface area contributed by atoms with Gasteiger partial charge in [0.2, 0.25) is 0 Å². The number of rotatable bonds is 2. The lowest BCUT2D eigenvalue weighted by molar-refractivity contribution is 0.622. The average Bonchev–Trinajstić information content (AvgIpc) is 2.83. The summed E-state index contributed by atoms with van der Waals surface area (Å²) in [6.45, 7) is 0. The van der Waals surface area contributed by atoms with Crippen molar-refractivity contribution in [3.05, 3.63) is 52.9 Å². The quantitative estimate of drug-likeness (QED) is 0.753. The number of aromatic amines is 1. The van der Waals surface area contributed by atoms with E-state index < -0.39 is 0 Å². The van der Waals surface area contributed by atoms with Crippen LogP contribution in [0, 0.1) is 5.82 Å². The summed E-state index contributed by atoms with van der Waals surface area (Å²) in [5.74, 6) is -0.000114. The van der Waals surface area contributed by atoms with E-state index in [1.54, 1.807) is 6.07 Å². The first-order chi connectivity index (χ1) is 9.65. The summed E-state index contributed by atoms with van der Waals surface area (Å²) in [5, 5.41) is 6.87. The van der Waals surface area contributed by atoms with E-state index in [1.165, 1.54) is 6.07 Å². The smallest absolute Gasteiger partial charge is 0.153 e. The molecule has 0 aliphatic rings. The summed E-state index contributed by atoms with van der Waals surface area (Å²) >= 11 is 3.39. The van der Waals surface area contributed by atoms with Crippen LogP contribution >= 0.6 is 15.9 Å². The number of nitrogens with one attached hydrogen (secondary N) is 1. The Morgan fingerprint density at radius 3 is 2.50 bits per heavy atom. The van der Waals surface area contributed by atoms with E-state index in [0.717, 1.165) is 21.8 Å². The van der Waals surface area contributed by atoms with Crippen molar-refractivity contribution in [2.24, 2.45) is 0 Å². The van der Waals surface area contributed by atoms with Gasteiger partial charge in [-0.05, 0) is 29.8 Å². The van der Waals surface area contributed by atoms with Crippen LogP contribution in [0.5, 0.6) is 0 Å². The molecule has 0 bridgehead atoms. The Labute approximate surface area is 123 Å². The molecule has 3 aromatic rings. The highest BCUT2D eigenvalue weighted by Gasteiger charge is 2.15. The predicted octanol–water partition coefficient (Wildman–Crippen LogP) is 3.62. The molecule has 0 radical (unpaired) electrons. The van der Waals surface area contributed by atoms with Crippen LogP contribution in [0.25, 0.3) is 22.5 Å². The molecule has 0 aliphatic carbocycles. The number of hydrogen-bond acceptors (Lipinski definition) is 3. The molecular formula is C14H10BrFN4. The molecular weight excluding hydrogens is 323 g/mol. The van der Waals surface area contributed by atoms with Gasteiger partial charge in [-0.2, -0.15) is 5.10 Å². The van der Waals surface area contributed by atoms with Crippen molar-refractivity contribution < 1.29 is 4.39 Å². The Morgan fingerprint density at radius 1 is 1.10 bits per heavy atom. The maximum Gasteiger partial charge on any atom is 0.153 e. The molecule has 0 saturated carbocycles. The molecule has 3 N–H and O–H groups in total. The predicted molar refractivity (Wildman–Crippen MR) is 79.3 cm³/mol. The van der Waals surface area contributed by atoms with Crippen molar-refractivity contribution in [2.75, 3.05) is 5.73 Å². The molecule has 0 saturated heterocycles. The lowest BCUT2D eigenvalue weighted by Crippen LogP contribution is -1.90. The first kappa shape index (κ1) is 12.8. The molecule has 0 aliphatic heterocycles. The van der Waals surface area contributed by atoms with E-state index >= 15 is 0 Å². The topological polar surface area (TPSA) is 67.6 Å². The molecule has 4 nitrogen and oxygen atoms in total. The van der Waals surface area contributed by atoms with Crippen LogP contribution in [-0.2, 0) is 0 Å². The maximum atomic E-state index is 13.0. The number of aromatic nitrogens is 3. The standard InChI is InChI=1S/C14H10BrFN4/c15-9-3-1-8(2-4-9)12-13(19-20-14(12)17)11-6-5-10(16)7-18-11/h1-7H,(H3,17,19,20). The molecule has 0 atom stereocenters. The van der Waals surface area contributed by atoms with Crippen LogP contribution in [0.15, 0.2) is 47.1 Å². The number of pyridine rings is 1. The van der Waals surface area contributed by atoms with Gasteiger partial charge in [0.1, 0.15) is 5.82 Å². The Morgan fingerprint density at radius 2 is 1.85 bits per heavy atom. The Hall–Kier alpha value is -2.21. The number of hydrogen-bond donors (Lipinski definition) is 2. The lowest BCUT2D eigenvalue weighted by Gasteiger charge is -2.04. The Kier molecular flexibility index (Phi) is 3.23. The number of benzene rings is 1. The number of halogens is 2. The zero-order valence-electron chi connectivity index (χ0n) is 10.3. The van der Waals surface area contributed by atoms with Crippen molar-refractivity contribution in [1.29, 1.82) is 0 Å². The first-order valence-corrected chi connectivity index (χ1v) is 6.66. The van der Waals surface area contributed by atoms with Gasteiger partial charge in [-0.3, -0.25) is 10.1 Å². The van der Waals surface area contributed by atoms with E-state index in [1.807, 2.05) is 24.3 Å². The zero-order valence-corrected chi connectivity index (χ0v) is 11.9. The van der Waals surface area contributed by atoms with Crippen LogP contribution < -0.4 is 5.73 Å². The fourth-order valence-corrected chi connectivity index (χ4v) is 2.24. The molecule has 0 spiro atoms. The first-order valence-electron chi connectivity index (χ1n) is 5.87. The van der Waals surface area contributed by atoms with Crippen molar-refractivity contribution in [2.45, 2.75) is 0 Å². The van der Waals surface area contributed by atoms with Gasteiger partial charge in [0, 0.05) is 4.47 Å². The fraction of sp³-hybridized carbons (Fsp3) is 0. The third kappa shape index (κ3) is 2.30. The van der Waals surface area contributed by atoms with Gasteiger partial charge in [-0.1, -0.05) is 28.1 Å². The second-order valence-corrected chi connectivity index (χ2v) is 5.14. The monoisotopic (exact) mass is 332 g/mol. The molecule has 6 heteroatoms. The molecule has 20 heavy (non-hydrogen) atoms. The molecule has 0 amide bonds. The van der Waals surface area contributed by atoms with Crippen LogP contribution in [0.2, 0.25) is 0 Å². The summed E-state index contributed by atoms with van der Waals surface area (Å²) in [6, 6.07) is 10.6. The van der Waals surface area contributed by atoms with Crippen LogP contribution in [-0.4, -0.2) is 15.2 Å². The van der Waals surface area contributed by atoms with E-state index in [-0.39, 0.29) is 5.82 Å². The van der Waals surface area contributed by atoms with Crippen molar-refractivity contribution in [3.8, 4) is 22.5 Å². The van der Waals surface area contributed by atoms with Gasteiger partial charge in [-0.15, -0.1) is 0 Å². The molecule has 1 aromatic carbocycles. The Bertz CT molecular complexity index is 735. The summed E-state index contributed by atoms with van der Waals surface area (Å²) in [7, 11) is 0. The Balaban J connectivity index is 2.14. The van der Waals surface area contributed by atoms with Crippen LogP contribution in [0.4, 0.5) is 10.2 Å². The number of nitrogen functional groups attached to an aromatic ring is 1. The minimum atomic E-state index is -0.383. The van der Waals surface area contributed by atoms with Gasteiger partial charge in [0.05, 0.1) is 23.1 Å². The summed E-state index contributed by atoms with van der Waals surface area (Å²) in [5.41, 5.74) is 8.86.